The molecule has 96 valence electrons. The smallest absolute Gasteiger partial charge is 0.0548 e. The lowest BCUT2D eigenvalue weighted by atomic mass is 10.2. The molecule has 0 radical (unpaired) electrons. The summed E-state index contributed by atoms with van der Waals surface area (Å²) in [4.78, 5) is 0.906. The number of aliphatic hydroxyl groups is 1. The van der Waals surface area contributed by atoms with Crippen molar-refractivity contribution >= 4 is 10.8 Å². The Kier molecular flexibility index (Phi) is 5.82. The molecule has 0 aliphatic rings. The van der Waals surface area contributed by atoms with Gasteiger partial charge in [0, 0.05) is 23.3 Å². The molecule has 0 heterocycles. The fraction of sp³-hybridized carbons (Fsp3) is 0.538. The van der Waals surface area contributed by atoms with Crippen LogP contribution in [0.2, 0.25) is 0 Å². The van der Waals surface area contributed by atoms with Crippen molar-refractivity contribution in [1.29, 1.82) is 0 Å². The Balaban J connectivity index is 2.78. The standard InChI is InChI=1S/C13H21NO2S/c1-10-4-5-11(2)13(8-10)17(16)9-12(14-3)6-7-15/h4-5,8,12,14-15H,6-7,9H2,1-3H3. The second kappa shape index (κ2) is 6.89. The lowest BCUT2D eigenvalue weighted by molar-refractivity contribution is 0.272. The van der Waals surface area contributed by atoms with Crippen LogP contribution >= 0.6 is 0 Å². The Morgan fingerprint density at radius 1 is 1.41 bits per heavy atom. The van der Waals surface area contributed by atoms with E-state index in [0.717, 1.165) is 16.0 Å². The van der Waals surface area contributed by atoms with E-state index in [1.807, 2.05) is 39.1 Å². The van der Waals surface area contributed by atoms with E-state index in [0.29, 0.717) is 12.2 Å². The molecule has 1 rings (SSSR count). The highest BCUT2D eigenvalue weighted by molar-refractivity contribution is 7.85. The molecule has 0 aliphatic heterocycles. The van der Waals surface area contributed by atoms with Gasteiger partial charge in [0.15, 0.2) is 0 Å². The molecule has 2 N–H and O–H groups in total. The van der Waals surface area contributed by atoms with Gasteiger partial charge in [0.2, 0.25) is 0 Å². The van der Waals surface area contributed by atoms with Crippen LogP contribution in [0.3, 0.4) is 0 Å². The zero-order valence-corrected chi connectivity index (χ0v) is 11.5. The second-order valence-corrected chi connectivity index (χ2v) is 5.74. The van der Waals surface area contributed by atoms with Crippen LogP contribution < -0.4 is 5.32 Å². The molecule has 0 amide bonds. The lowest BCUT2D eigenvalue weighted by Gasteiger charge is -2.15. The molecule has 3 nitrogen and oxygen atoms in total. The maximum absolute atomic E-state index is 12.3. The molecule has 0 fully saturated rings. The fourth-order valence-corrected chi connectivity index (χ4v) is 3.31. The van der Waals surface area contributed by atoms with E-state index in [1.54, 1.807) is 0 Å². The molecule has 2 atom stereocenters. The molecule has 0 saturated carbocycles. The summed E-state index contributed by atoms with van der Waals surface area (Å²) in [5, 5.41) is 12.0. The van der Waals surface area contributed by atoms with Crippen molar-refractivity contribution in [2.75, 3.05) is 19.4 Å². The monoisotopic (exact) mass is 255 g/mol. The minimum atomic E-state index is -1.01. The summed E-state index contributed by atoms with van der Waals surface area (Å²) in [5.74, 6) is 0.543. The van der Waals surface area contributed by atoms with Gasteiger partial charge in [-0.25, -0.2) is 0 Å². The Hall–Kier alpha value is -0.710. The molecule has 0 bridgehead atoms. The Bertz CT molecular complexity index is 393. The van der Waals surface area contributed by atoms with E-state index in [2.05, 4.69) is 5.32 Å². The predicted octanol–water partition coefficient (Wildman–Crippen LogP) is 1.38. The number of aliphatic hydroxyl groups excluding tert-OH is 1. The molecule has 0 aliphatic carbocycles. The first kappa shape index (κ1) is 14.4. The van der Waals surface area contributed by atoms with Crippen molar-refractivity contribution < 1.29 is 9.32 Å². The summed E-state index contributed by atoms with van der Waals surface area (Å²) in [7, 11) is 0.824. The molecule has 1 aromatic rings. The minimum absolute atomic E-state index is 0.0979. The number of hydrogen-bond donors (Lipinski definition) is 2. The van der Waals surface area contributed by atoms with Gasteiger partial charge >= 0.3 is 0 Å². The maximum atomic E-state index is 12.3. The molecule has 0 spiro atoms. The average Bonchev–Trinajstić information content (AvgIpc) is 2.31. The van der Waals surface area contributed by atoms with Crippen LogP contribution in [-0.2, 0) is 10.8 Å². The summed E-state index contributed by atoms with van der Waals surface area (Å²) in [5.41, 5.74) is 2.19. The third-order valence-corrected chi connectivity index (χ3v) is 4.46. The largest absolute Gasteiger partial charge is 0.396 e. The summed E-state index contributed by atoms with van der Waals surface area (Å²) in [6.45, 7) is 4.10. The van der Waals surface area contributed by atoms with E-state index in [-0.39, 0.29) is 12.6 Å². The molecule has 4 heteroatoms. The van der Waals surface area contributed by atoms with E-state index >= 15 is 0 Å². The van der Waals surface area contributed by atoms with Crippen LogP contribution in [0.25, 0.3) is 0 Å². The van der Waals surface area contributed by atoms with Gasteiger partial charge in [-0.1, -0.05) is 12.1 Å². The average molecular weight is 255 g/mol. The number of nitrogens with one attached hydrogen (secondary N) is 1. The topological polar surface area (TPSA) is 49.3 Å². The van der Waals surface area contributed by atoms with E-state index in [9.17, 15) is 4.21 Å². The van der Waals surface area contributed by atoms with Gasteiger partial charge in [-0.05, 0) is 44.5 Å². The third kappa shape index (κ3) is 4.22. The molecule has 2 unspecified atom stereocenters. The molecular weight excluding hydrogens is 234 g/mol. The zero-order chi connectivity index (χ0) is 12.8. The van der Waals surface area contributed by atoms with Gasteiger partial charge in [-0.2, -0.15) is 0 Å². The number of hydrogen-bond acceptors (Lipinski definition) is 3. The van der Waals surface area contributed by atoms with E-state index < -0.39 is 10.8 Å². The van der Waals surface area contributed by atoms with Crippen LogP contribution in [0.4, 0.5) is 0 Å². The van der Waals surface area contributed by atoms with Gasteiger partial charge in [-0.3, -0.25) is 4.21 Å². The van der Waals surface area contributed by atoms with Crippen LogP contribution in [-0.4, -0.2) is 34.8 Å². The molecule has 0 aromatic heterocycles. The lowest BCUT2D eigenvalue weighted by Crippen LogP contribution is -2.32. The van der Waals surface area contributed by atoms with Crippen LogP contribution in [0.15, 0.2) is 23.1 Å². The third-order valence-electron chi connectivity index (χ3n) is 2.83. The zero-order valence-electron chi connectivity index (χ0n) is 10.7. The quantitative estimate of drug-likeness (QED) is 0.807. The van der Waals surface area contributed by atoms with Crippen molar-refractivity contribution in [3.05, 3.63) is 29.3 Å². The van der Waals surface area contributed by atoms with Crippen LogP contribution in [0.1, 0.15) is 17.5 Å². The fourth-order valence-electron chi connectivity index (χ4n) is 1.69. The Morgan fingerprint density at radius 2 is 2.12 bits per heavy atom. The predicted molar refractivity (Wildman–Crippen MR) is 71.7 cm³/mol. The van der Waals surface area contributed by atoms with Crippen molar-refractivity contribution in [3.63, 3.8) is 0 Å². The summed E-state index contributed by atoms with van der Waals surface area (Å²) in [6.07, 6.45) is 0.632. The van der Waals surface area contributed by atoms with Crippen LogP contribution in [0, 0.1) is 13.8 Å². The number of rotatable bonds is 6. The van der Waals surface area contributed by atoms with Gasteiger partial charge in [0.1, 0.15) is 0 Å². The Labute approximate surface area is 106 Å². The first-order valence-electron chi connectivity index (χ1n) is 5.82. The number of benzene rings is 1. The van der Waals surface area contributed by atoms with Crippen molar-refractivity contribution in [2.45, 2.75) is 31.2 Å². The maximum Gasteiger partial charge on any atom is 0.0548 e. The SMILES string of the molecule is CNC(CCO)CS(=O)c1cc(C)ccc1C. The van der Waals surface area contributed by atoms with Gasteiger partial charge in [0.05, 0.1) is 10.8 Å². The van der Waals surface area contributed by atoms with Gasteiger partial charge in [-0.15, -0.1) is 0 Å². The highest BCUT2D eigenvalue weighted by Crippen LogP contribution is 2.16. The number of aryl methyl sites for hydroxylation is 2. The first-order chi connectivity index (χ1) is 8.08. The second-order valence-electron chi connectivity index (χ2n) is 4.28. The molecule has 1 aromatic carbocycles. The van der Waals surface area contributed by atoms with Crippen LogP contribution in [0.5, 0.6) is 0 Å². The minimum Gasteiger partial charge on any atom is -0.396 e. The molecular formula is C13H21NO2S. The van der Waals surface area contributed by atoms with Gasteiger partial charge < -0.3 is 10.4 Å². The molecule has 0 saturated heterocycles. The normalized spacial score (nSPS) is 14.6. The van der Waals surface area contributed by atoms with E-state index in [4.69, 9.17) is 5.11 Å². The highest BCUT2D eigenvalue weighted by atomic mass is 32.2. The van der Waals surface area contributed by atoms with Crippen molar-refractivity contribution in [1.82, 2.24) is 5.32 Å². The van der Waals surface area contributed by atoms with Crippen molar-refractivity contribution in [3.8, 4) is 0 Å². The van der Waals surface area contributed by atoms with Crippen molar-refractivity contribution in [2.24, 2.45) is 0 Å². The van der Waals surface area contributed by atoms with E-state index in [1.165, 1.54) is 0 Å². The van der Waals surface area contributed by atoms with Gasteiger partial charge in [0.25, 0.3) is 0 Å². The Morgan fingerprint density at radius 3 is 2.71 bits per heavy atom. The summed E-state index contributed by atoms with van der Waals surface area (Å²) < 4.78 is 12.3. The summed E-state index contributed by atoms with van der Waals surface area (Å²) in [6, 6.07) is 6.11. The highest BCUT2D eigenvalue weighted by Gasteiger charge is 2.13. The summed E-state index contributed by atoms with van der Waals surface area (Å²) >= 11 is 0. The molecule has 17 heavy (non-hydrogen) atoms. The first-order valence-corrected chi connectivity index (χ1v) is 7.14.